The molecule has 1 fully saturated rings. The maximum Gasteiger partial charge on any atom is 0.227 e. The first-order chi connectivity index (χ1) is 8.63. The standard InChI is InChI=1S/C13H15NO4/c1-17-10-4-3-8(5-11(10)18-2)9-6-12(15)14-13(16)7-9/h3-5,9H,6-7H2,1-2H3,(H,14,15,16). The fraction of sp³-hybridized carbons (Fsp3) is 0.385. The van der Waals surface area contributed by atoms with Gasteiger partial charge in [0.25, 0.3) is 0 Å². The van der Waals surface area contributed by atoms with Crippen LogP contribution in [0.3, 0.4) is 0 Å². The molecule has 1 aliphatic rings. The Bertz CT molecular complexity index is 468. The molecule has 0 radical (unpaired) electrons. The van der Waals surface area contributed by atoms with Crippen LogP contribution < -0.4 is 14.8 Å². The Kier molecular flexibility index (Phi) is 3.50. The summed E-state index contributed by atoms with van der Waals surface area (Å²) in [5, 5.41) is 2.30. The number of hydrogen-bond donors (Lipinski definition) is 1. The van der Waals surface area contributed by atoms with Gasteiger partial charge in [0.2, 0.25) is 11.8 Å². The van der Waals surface area contributed by atoms with Crippen LogP contribution in [0.4, 0.5) is 0 Å². The molecule has 0 unspecified atom stereocenters. The molecule has 5 heteroatoms. The number of hydrogen-bond acceptors (Lipinski definition) is 4. The second-order valence-electron chi connectivity index (χ2n) is 4.19. The van der Waals surface area contributed by atoms with Crippen molar-refractivity contribution < 1.29 is 19.1 Å². The largest absolute Gasteiger partial charge is 0.493 e. The van der Waals surface area contributed by atoms with Crippen molar-refractivity contribution in [2.75, 3.05) is 14.2 Å². The van der Waals surface area contributed by atoms with Crippen molar-refractivity contribution in [3.8, 4) is 11.5 Å². The molecule has 18 heavy (non-hydrogen) atoms. The third kappa shape index (κ3) is 2.45. The van der Waals surface area contributed by atoms with E-state index >= 15 is 0 Å². The minimum absolute atomic E-state index is 0.0916. The molecule has 5 nitrogen and oxygen atoms in total. The van der Waals surface area contributed by atoms with Crippen molar-refractivity contribution in [2.24, 2.45) is 0 Å². The van der Waals surface area contributed by atoms with E-state index in [0.29, 0.717) is 24.3 Å². The lowest BCUT2D eigenvalue weighted by Crippen LogP contribution is -2.37. The van der Waals surface area contributed by atoms with Gasteiger partial charge in [-0.05, 0) is 17.7 Å². The number of carbonyl (C=O) groups is 2. The molecule has 0 aliphatic carbocycles. The van der Waals surface area contributed by atoms with E-state index in [-0.39, 0.29) is 17.7 Å². The summed E-state index contributed by atoms with van der Waals surface area (Å²) in [7, 11) is 3.12. The highest BCUT2D eigenvalue weighted by molar-refractivity contribution is 5.98. The molecule has 2 rings (SSSR count). The number of piperidine rings is 1. The molecule has 96 valence electrons. The van der Waals surface area contributed by atoms with Crippen molar-refractivity contribution in [2.45, 2.75) is 18.8 Å². The zero-order valence-corrected chi connectivity index (χ0v) is 10.4. The van der Waals surface area contributed by atoms with Gasteiger partial charge in [-0.2, -0.15) is 0 Å². The number of benzene rings is 1. The number of amides is 2. The molecule has 1 N–H and O–H groups in total. The second-order valence-corrected chi connectivity index (χ2v) is 4.19. The summed E-state index contributed by atoms with van der Waals surface area (Å²) in [6.07, 6.45) is 0.641. The van der Waals surface area contributed by atoms with E-state index < -0.39 is 0 Å². The first-order valence-corrected chi connectivity index (χ1v) is 5.68. The zero-order chi connectivity index (χ0) is 13.1. The highest BCUT2D eigenvalue weighted by Gasteiger charge is 2.26. The molecule has 0 aromatic heterocycles. The van der Waals surface area contributed by atoms with Crippen LogP contribution in [-0.4, -0.2) is 26.0 Å². The number of carbonyl (C=O) groups excluding carboxylic acids is 2. The van der Waals surface area contributed by atoms with Gasteiger partial charge in [0, 0.05) is 18.8 Å². The number of imide groups is 1. The molecular weight excluding hydrogens is 234 g/mol. The van der Waals surface area contributed by atoms with Gasteiger partial charge in [-0.3, -0.25) is 14.9 Å². The number of nitrogens with one attached hydrogen (secondary N) is 1. The molecule has 2 amide bonds. The third-order valence-electron chi connectivity index (χ3n) is 3.02. The lowest BCUT2D eigenvalue weighted by molar-refractivity contribution is -0.133. The summed E-state index contributed by atoms with van der Waals surface area (Å²) in [5.41, 5.74) is 0.913. The SMILES string of the molecule is COc1ccc(C2CC(=O)NC(=O)C2)cc1OC. The van der Waals surface area contributed by atoms with Crippen LogP contribution in [0, 0.1) is 0 Å². The van der Waals surface area contributed by atoms with Crippen LogP contribution in [0.2, 0.25) is 0 Å². The van der Waals surface area contributed by atoms with Gasteiger partial charge in [0.15, 0.2) is 11.5 Å². The zero-order valence-electron chi connectivity index (χ0n) is 10.4. The third-order valence-corrected chi connectivity index (χ3v) is 3.02. The van der Waals surface area contributed by atoms with Crippen molar-refractivity contribution in [1.82, 2.24) is 5.32 Å². The first-order valence-electron chi connectivity index (χ1n) is 5.68. The lowest BCUT2D eigenvalue weighted by atomic mass is 9.89. The normalized spacial score (nSPS) is 16.3. The predicted molar refractivity (Wildman–Crippen MR) is 64.7 cm³/mol. The van der Waals surface area contributed by atoms with Gasteiger partial charge in [0.05, 0.1) is 14.2 Å². The van der Waals surface area contributed by atoms with Gasteiger partial charge in [-0.1, -0.05) is 6.07 Å². The number of methoxy groups -OCH3 is 2. The van der Waals surface area contributed by atoms with E-state index in [1.807, 2.05) is 12.1 Å². The number of rotatable bonds is 3. The lowest BCUT2D eigenvalue weighted by Gasteiger charge is -2.22. The Labute approximate surface area is 105 Å². The average Bonchev–Trinajstić information content (AvgIpc) is 2.36. The topological polar surface area (TPSA) is 64.6 Å². The van der Waals surface area contributed by atoms with Crippen molar-refractivity contribution in [3.05, 3.63) is 23.8 Å². The second kappa shape index (κ2) is 5.08. The van der Waals surface area contributed by atoms with E-state index in [0.717, 1.165) is 5.56 Å². The minimum Gasteiger partial charge on any atom is -0.493 e. The smallest absolute Gasteiger partial charge is 0.227 e. The Morgan fingerprint density at radius 1 is 1.06 bits per heavy atom. The van der Waals surface area contributed by atoms with E-state index in [4.69, 9.17) is 9.47 Å². The molecule has 1 heterocycles. The van der Waals surface area contributed by atoms with E-state index in [1.165, 1.54) is 0 Å². The van der Waals surface area contributed by atoms with Crippen LogP contribution in [0.5, 0.6) is 11.5 Å². The molecule has 0 spiro atoms. The fourth-order valence-electron chi connectivity index (χ4n) is 2.12. The van der Waals surface area contributed by atoms with Gasteiger partial charge >= 0.3 is 0 Å². The predicted octanol–water partition coefficient (Wildman–Crippen LogP) is 1.22. The highest BCUT2D eigenvalue weighted by atomic mass is 16.5. The van der Waals surface area contributed by atoms with Crippen LogP contribution >= 0.6 is 0 Å². The van der Waals surface area contributed by atoms with Crippen LogP contribution in [0.1, 0.15) is 24.3 Å². The van der Waals surface area contributed by atoms with E-state index in [9.17, 15) is 9.59 Å². The quantitative estimate of drug-likeness (QED) is 0.818. The Morgan fingerprint density at radius 2 is 1.67 bits per heavy atom. The maximum atomic E-state index is 11.3. The summed E-state index contributed by atoms with van der Waals surface area (Å²) in [4.78, 5) is 22.7. The molecule has 0 bridgehead atoms. The van der Waals surface area contributed by atoms with Gasteiger partial charge in [-0.15, -0.1) is 0 Å². The van der Waals surface area contributed by atoms with Crippen LogP contribution in [-0.2, 0) is 9.59 Å². The monoisotopic (exact) mass is 249 g/mol. The first kappa shape index (κ1) is 12.4. The Balaban J connectivity index is 2.27. The fourth-order valence-corrected chi connectivity index (χ4v) is 2.12. The Hall–Kier alpha value is -2.04. The maximum absolute atomic E-state index is 11.3. The molecule has 1 aliphatic heterocycles. The summed E-state index contributed by atoms with van der Waals surface area (Å²) in [6, 6.07) is 5.46. The van der Waals surface area contributed by atoms with E-state index in [2.05, 4.69) is 5.32 Å². The molecule has 1 aromatic rings. The van der Waals surface area contributed by atoms with Gasteiger partial charge in [-0.25, -0.2) is 0 Å². The van der Waals surface area contributed by atoms with Crippen molar-refractivity contribution in [1.29, 1.82) is 0 Å². The summed E-state index contributed by atoms with van der Waals surface area (Å²) < 4.78 is 10.4. The average molecular weight is 249 g/mol. The van der Waals surface area contributed by atoms with Gasteiger partial charge < -0.3 is 9.47 Å². The summed E-state index contributed by atoms with van der Waals surface area (Å²) >= 11 is 0. The molecule has 0 atom stereocenters. The minimum atomic E-state index is -0.231. The van der Waals surface area contributed by atoms with Crippen LogP contribution in [0.25, 0.3) is 0 Å². The Morgan fingerprint density at radius 3 is 2.22 bits per heavy atom. The number of ether oxygens (including phenoxy) is 2. The molecular formula is C13H15NO4. The summed E-state index contributed by atoms with van der Waals surface area (Å²) in [5.74, 6) is 0.685. The molecule has 0 saturated carbocycles. The highest BCUT2D eigenvalue weighted by Crippen LogP contribution is 2.33. The van der Waals surface area contributed by atoms with E-state index in [1.54, 1.807) is 20.3 Å². The van der Waals surface area contributed by atoms with Crippen molar-refractivity contribution >= 4 is 11.8 Å². The molecule has 1 aromatic carbocycles. The van der Waals surface area contributed by atoms with Gasteiger partial charge in [0.1, 0.15) is 0 Å². The van der Waals surface area contributed by atoms with Crippen molar-refractivity contribution in [3.63, 3.8) is 0 Å². The molecule has 1 saturated heterocycles. The summed E-state index contributed by atoms with van der Waals surface area (Å²) in [6.45, 7) is 0. The van der Waals surface area contributed by atoms with Crippen LogP contribution in [0.15, 0.2) is 18.2 Å².